The van der Waals surface area contributed by atoms with Gasteiger partial charge in [0.05, 0.1) is 0 Å². The van der Waals surface area contributed by atoms with E-state index in [2.05, 4.69) is 36.4 Å². The first-order chi connectivity index (χ1) is 12.6. The van der Waals surface area contributed by atoms with Crippen LogP contribution in [0.25, 0.3) is 10.9 Å². The summed E-state index contributed by atoms with van der Waals surface area (Å²) in [5, 5.41) is 4.84. The van der Waals surface area contributed by atoms with E-state index in [9.17, 15) is 0 Å². The quantitative estimate of drug-likeness (QED) is 0.364. The van der Waals surface area contributed by atoms with Crippen molar-refractivity contribution in [2.45, 2.75) is 0 Å². The molecule has 4 rings (SSSR count). The van der Waals surface area contributed by atoms with E-state index in [0.29, 0.717) is 0 Å². The van der Waals surface area contributed by atoms with Crippen LogP contribution in [-0.4, -0.2) is 5.29 Å². The molecule has 0 bridgehead atoms. The summed E-state index contributed by atoms with van der Waals surface area (Å²) in [5.74, 6) is 0. The van der Waals surface area contributed by atoms with Crippen molar-refractivity contribution in [1.29, 1.82) is 0 Å². The van der Waals surface area contributed by atoms with Gasteiger partial charge in [0.2, 0.25) is 0 Å². The van der Waals surface area contributed by atoms with E-state index in [0.717, 1.165) is 15.1 Å². The number of allylic oxidation sites excluding steroid dienone is 1. The van der Waals surface area contributed by atoms with Crippen LogP contribution in [0.4, 0.5) is 0 Å². The van der Waals surface area contributed by atoms with Crippen LogP contribution in [-0.2, 0) is 0 Å². The zero-order valence-electron chi connectivity index (χ0n) is 13.5. The van der Waals surface area contributed by atoms with E-state index in [4.69, 9.17) is 34.8 Å². The van der Waals surface area contributed by atoms with Gasteiger partial charge in [-0.2, -0.15) is 0 Å². The van der Waals surface area contributed by atoms with Crippen LogP contribution in [0.15, 0.2) is 72.8 Å². The number of halogens is 3. The van der Waals surface area contributed by atoms with Crippen LogP contribution in [0.1, 0.15) is 16.7 Å². The summed E-state index contributed by atoms with van der Waals surface area (Å²) >= 11 is 18.3. The zero-order chi connectivity index (χ0) is 18.1. The van der Waals surface area contributed by atoms with Crippen LogP contribution in [0.5, 0.6) is 0 Å². The fraction of sp³-hybridized carbons (Fsp3) is 0. The van der Waals surface area contributed by atoms with Crippen LogP contribution in [0.2, 0.25) is 15.1 Å². The first kappa shape index (κ1) is 18.2. The normalized spacial score (nSPS) is 14.2. The summed E-state index contributed by atoms with van der Waals surface area (Å²) < 4.78 is 0. The predicted octanol–water partition coefficient (Wildman–Crippen LogP) is 8.56. The molecule has 3 aromatic carbocycles. The molecule has 0 saturated heterocycles. The van der Waals surface area contributed by atoms with Crippen molar-refractivity contribution in [2.24, 2.45) is 0 Å². The average Bonchev–Trinajstić information content (AvgIpc) is 3.08. The van der Waals surface area contributed by atoms with E-state index >= 15 is 0 Å². The van der Waals surface area contributed by atoms with Gasteiger partial charge in [-0.1, -0.05) is 0 Å². The molecule has 1 heterocycles. The van der Waals surface area contributed by atoms with E-state index in [1.165, 1.54) is 48.2 Å². The van der Waals surface area contributed by atoms with Gasteiger partial charge in [0.15, 0.2) is 0 Å². The second-order valence-corrected chi connectivity index (χ2v) is 9.60. The second kappa shape index (κ2) is 7.85. The van der Waals surface area contributed by atoms with Gasteiger partial charge in [0.25, 0.3) is 0 Å². The summed E-state index contributed by atoms with van der Waals surface area (Å²) in [4.78, 5) is 0. The SMILES string of the molecule is Clc1ccc(C2=[P+]=PC(c3ccc(Cl)cc3)=C2c2ccc(Cl)cc2)cc1. The molecule has 0 unspecified atom stereocenters. The van der Waals surface area contributed by atoms with Crippen molar-refractivity contribution in [1.82, 2.24) is 0 Å². The molecule has 0 spiro atoms. The summed E-state index contributed by atoms with van der Waals surface area (Å²) in [6.07, 6.45) is 0. The first-order valence-electron chi connectivity index (χ1n) is 7.93. The van der Waals surface area contributed by atoms with Gasteiger partial charge in [-0.3, -0.25) is 0 Å². The Labute approximate surface area is 170 Å². The molecule has 0 nitrogen and oxygen atoms in total. The number of rotatable bonds is 3. The number of hydrogen-bond acceptors (Lipinski definition) is 0. The predicted molar refractivity (Wildman–Crippen MR) is 119 cm³/mol. The zero-order valence-corrected chi connectivity index (χ0v) is 17.5. The molecule has 5 heteroatoms. The summed E-state index contributed by atoms with van der Waals surface area (Å²) in [6, 6.07) is 24.1. The van der Waals surface area contributed by atoms with Gasteiger partial charge in [-0.05, 0) is 0 Å². The Morgan fingerprint density at radius 1 is 0.538 bits per heavy atom. The fourth-order valence-corrected chi connectivity index (χ4v) is 6.59. The Hall–Kier alpha value is -1.13. The molecule has 126 valence electrons. The van der Waals surface area contributed by atoms with Gasteiger partial charge in [0, 0.05) is 0 Å². The molecule has 0 aromatic heterocycles. The molecule has 26 heavy (non-hydrogen) atoms. The van der Waals surface area contributed by atoms with Gasteiger partial charge in [0.1, 0.15) is 0 Å². The topological polar surface area (TPSA) is 0 Å². The Balaban J connectivity index is 1.89. The second-order valence-electron chi connectivity index (χ2n) is 5.79. The fourth-order valence-electron chi connectivity index (χ4n) is 2.82. The molecule has 0 saturated carbocycles. The van der Waals surface area contributed by atoms with Crippen LogP contribution >= 0.6 is 50.2 Å². The molecule has 3 aromatic rings. The summed E-state index contributed by atoms with van der Waals surface area (Å²) in [5.41, 5.74) is 4.81. The molecule has 0 fully saturated rings. The summed E-state index contributed by atoms with van der Waals surface area (Å²) in [6.45, 7) is 0. The molecule has 1 aliphatic rings. The molecular weight excluding hydrogens is 421 g/mol. The van der Waals surface area contributed by atoms with E-state index in [1.807, 2.05) is 36.4 Å². The third kappa shape index (κ3) is 3.77. The van der Waals surface area contributed by atoms with Crippen molar-refractivity contribution in [2.75, 3.05) is 0 Å². The van der Waals surface area contributed by atoms with Gasteiger partial charge < -0.3 is 0 Å². The van der Waals surface area contributed by atoms with Gasteiger partial charge >= 0.3 is 171 Å². The van der Waals surface area contributed by atoms with E-state index in [1.54, 1.807) is 0 Å². The minimum absolute atomic E-state index is 0.739. The van der Waals surface area contributed by atoms with Crippen molar-refractivity contribution in [3.63, 3.8) is 0 Å². The van der Waals surface area contributed by atoms with Crippen molar-refractivity contribution < 1.29 is 0 Å². The third-order valence-electron chi connectivity index (χ3n) is 4.09. The molecule has 1 aliphatic heterocycles. The van der Waals surface area contributed by atoms with Crippen molar-refractivity contribution in [3.05, 3.63) is 105 Å². The monoisotopic (exact) mass is 431 g/mol. The third-order valence-corrected chi connectivity index (χ3v) is 7.81. The van der Waals surface area contributed by atoms with Crippen LogP contribution in [0, 0.1) is 0 Å². The number of hydrogen-bond donors (Lipinski definition) is 0. The number of benzene rings is 3. The minimum atomic E-state index is 0.739. The summed E-state index contributed by atoms with van der Waals surface area (Å²) in [7, 11) is 2.51. The maximum absolute atomic E-state index is 6.10. The van der Waals surface area contributed by atoms with E-state index < -0.39 is 0 Å². The van der Waals surface area contributed by atoms with Crippen molar-refractivity contribution >= 4 is 66.3 Å². The van der Waals surface area contributed by atoms with Gasteiger partial charge in [-0.15, -0.1) is 0 Å². The Bertz CT molecular complexity index is 1060. The molecule has 0 radical (unpaired) electrons. The molecule has 0 N–H and O–H groups in total. The van der Waals surface area contributed by atoms with Gasteiger partial charge in [-0.25, -0.2) is 0 Å². The van der Waals surface area contributed by atoms with Crippen LogP contribution < -0.4 is 0 Å². The Morgan fingerprint density at radius 3 is 1.46 bits per heavy atom. The molecule has 0 amide bonds. The maximum atomic E-state index is 6.10. The van der Waals surface area contributed by atoms with Crippen LogP contribution in [0.3, 0.4) is 0 Å². The molecular formula is C21H12Cl3P2+. The standard InChI is InChI=1S/C21H12Cl3P2/c22-16-7-1-13(2-8-16)19-20(14-3-9-17(23)10-4-14)25-26-21(19)15-5-11-18(24)12-6-15/h1-12H/q+1. The first-order valence-corrected chi connectivity index (χ1v) is 11.6. The Kier molecular flexibility index (Phi) is 5.51. The van der Waals surface area contributed by atoms with Crippen molar-refractivity contribution in [3.8, 4) is 0 Å². The molecule has 0 atom stereocenters. The molecule has 0 aliphatic carbocycles. The Morgan fingerprint density at radius 2 is 0.962 bits per heavy atom. The average molecular weight is 433 g/mol. The van der Waals surface area contributed by atoms with E-state index in [-0.39, 0.29) is 0 Å².